The lowest BCUT2D eigenvalue weighted by Crippen LogP contribution is -2.35. The van der Waals surface area contributed by atoms with Crippen molar-refractivity contribution in [3.05, 3.63) is 0 Å². The summed E-state index contributed by atoms with van der Waals surface area (Å²) in [7, 11) is 0. The molecule has 0 aromatic rings. The third-order valence-corrected chi connectivity index (χ3v) is 2.35. The lowest BCUT2D eigenvalue weighted by atomic mass is 9.98. The first kappa shape index (κ1) is 11.0. The molecule has 0 aromatic heterocycles. The van der Waals surface area contributed by atoms with Gasteiger partial charge in [-0.1, -0.05) is 6.42 Å². The number of carbonyl (C=O) groups is 2. The molecule has 4 nitrogen and oxygen atoms in total. The summed E-state index contributed by atoms with van der Waals surface area (Å²) < 4.78 is 5.05. The normalized spacial score (nSPS) is 17.5. The Balaban J connectivity index is 2.28. The van der Waals surface area contributed by atoms with E-state index in [1.54, 1.807) is 6.92 Å². The quantitative estimate of drug-likeness (QED) is 0.533. The summed E-state index contributed by atoms with van der Waals surface area (Å²) in [5.74, 6) is -1.36. The molecule has 1 N–H and O–H groups in total. The maximum absolute atomic E-state index is 11.2. The standard InChI is InChI=1S/C10H17NO3/c1-2-11-9(12)10(13)14-8-6-4-3-5-7-8/h8H,2-7H2,1H3,(H,11,12). The first-order valence-electron chi connectivity index (χ1n) is 5.23. The molecule has 0 atom stereocenters. The van der Waals surface area contributed by atoms with E-state index in [4.69, 9.17) is 4.74 Å². The minimum Gasteiger partial charge on any atom is -0.455 e. The molecule has 0 unspecified atom stereocenters. The van der Waals surface area contributed by atoms with Crippen LogP contribution < -0.4 is 5.32 Å². The molecule has 14 heavy (non-hydrogen) atoms. The molecule has 0 heterocycles. The van der Waals surface area contributed by atoms with Gasteiger partial charge in [0.2, 0.25) is 0 Å². The van der Waals surface area contributed by atoms with Crippen LogP contribution in [0.4, 0.5) is 0 Å². The number of carbonyl (C=O) groups excluding carboxylic acids is 2. The van der Waals surface area contributed by atoms with Gasteiger partial charge >= 0.3 is 11.9 Å². The fourth-order valence-electron chi connectivity index (χ4n) is 1.62. The highest BCUT2D eigenvalue weighted by Gasteiger charge is 2.21. The first-order chi connectivity index (χ1) is 6.74. The fourth-order valence-corrected chi connectivity index (χ4v) is 1.62. The number of likely N-dealkylation sites (N-methyl/N-ethyl adjacent to an activating group) is 1. The number of nitrogens with one attached hydrogen (secondary N) is 1. The average Bonchev–Trinajstić information content (AvgIpc) is 2.19. The van der Waals surface area contributed by atoms with Crippen molar-refractivity contribution in [2.75, 3.05) is 6.54 Å². The van der Waals surface area contributed by atoms with E-state index in [1.165, 1.54) is 6.42 Å². The van der Waals surface area contributed by atoms with Crippen molar-refractivity contribution in [3.8, 4) is 0 Å². The Morgan fingerprint density at radius 2 is 1.93 bits per heavy atom. The Kier molecular flexibility index (Phi) is 4.43. The predicted molar refractivity (Wildman–Crippen MR) is 51.6 cm³/mol. The van der Waals surface area contributed by atoms with Crippen LogP contribution in [-0.2, 0) is 14.3 Å². The van der Waals surface area contributed by atoms with Gasteiger partial charge in [0.15, 0.2) is 0 Å². The summed E-state index contributed by atoms with van der Waals surface area (Å²) in [5, 5.41) is 2.42. The van der Waals surface area contributed by atoms with Gasteiger partial charge in [-0.2, -0.15) is 0 Å². The molecule has 0 saturated heterocycles. The molecule has 1 amide bonds. The Labute approximate surface area is 84.0 Å². The summed E-state index contributed by atoms with van der Waals surface area (Å²) >= 11 is 0. The summed E-state index contributed by atoms with van der Waals surface area (Å²) in [5.41, 5.74) is 0. The highest BCUT2D eigenvalue weighted by atomic mass is 16.5. The molecule has 1 fully saturated rings. The maximum Gasteiger partial charge on any atom is 0.397 e. The van der Waals surface area contributed by atoms with E-state index in [-0.39, 0.29) is 6.10 Å². The monoisotopic (exact) mass is 199 g/mol. The summed E-state index contributed by atoms with van der Waals surface area (Å²) in [6, 6.07) is 0. The van der Waals surface area contributed by atoms with Crippen LogP contribution >= 0.6 is 0 Å². The van der Waals surface area contributed by atoms with E-state index in [9.17, 15) is 9.59 Å². The lowest BCUT2D eigenvalue weighted by molar-refractivity contribution is -0.160. The molecule has 80 valence electrons. The molecule has 0 bridgehead atoms. The second-order valence-corrected chi connectivity index (χ2v) is 3.52. The maximum atomic E-state index is 11.2. The number of ether oxygens (including phenoxy) is 1. The van der Waals surface area contributed by atoms with Crippen LogP contribution in [0.15, 0.2) is 0 Å². The molecule has 1 aliphatic carbocycles. The van der Waals surface area contributed by atoms with Gasteiger partial charge in [-0.15, -0.1) is 0 Å². The molecule has 1 saturated carbocycles. The average molecular weight is 199 g/mol. The van der Waals surface area contributed by atoms with Gasteiger partial charge in [0.1, 0.15) is 6.10 Å². The molecule has 0 aliphatic heterocycles. The third-order valence-electron chi connectivity index (χ3n) is 2.35. The van der Waals surface area contributed by atoms with E-state index >= 15 is 0 Å². The molecule has 1 aliphatic rings. The van der Waals surface area contributed by atoms with Crippen LogP contribution in [-0.4, -0.2) is 24.5 Å². The van der Waals surface area contributed by atoms with E-state index < -0.39 is 11.9 Å². The number of hydrogen-bond acceptors (Lipinski definition) is 3. The van der Waals surface area contributed by atoms with Crippen LogP contribution in [0.25, 0.3) is 0 Å². The number of rotatable bonds is 2. The van der Waals surface area contributed by atoms with Crippen molar-refractivity contribution in [3.63, 3.8) is 0 Å². The fraction of sp³-hybridized carbons (Fsp3) is 0.800. The second-order valence-electron chi connectivity index (χ2n) is 3.52. The molecule has 0 spiro atoms. The zero-order chi connectivity index (χ0) is 10.4. The number of amides is 1. The molecular weight excluding hydrogens is 182 g/mol. The van der Waals surface area contributed by atoms with Gasteiger partial charge in [-0.25, -0.2) is 4.79 Å². The van der Waals surface area contributed by atoms with Crippen molar-refractivity contribution in [1.82, 2.24) is 5.32 Å². The second kappa shape index (κ2) is 5.62. The van der Waals surface area contributed by atoms with Gasteiger partial charge in [0, 0.05) is 6.54 Å². The Hall–Kier alpha value is -1.06. The highest BCUT2D eigenvalue weighted by molar-refractivity contribution is 6.32. The van der Waals surface area contributed by atoms with E-state index in [0.717, 1.165) is 25.7 Å². The van der Waals surface area contributed by atoms with Crippen LogP contribution in [0.1, 0.15) is 39.0 Å². The smallest absolute Gasteiger partial charge is 0.397 e. The summed E-state index contributed by atoms with van der Waals surface area (Å²) in [6.07, 6.45) is 5.13. The van der Waals surface area contributed by atoms with Crippen molar-refractivity contribution in [2.24, 2.45) is 0 Å². The van der Waals surface area contributed by atoms with Crippen molar-refractivity contribution in [1.29, 1.82) is 0 Å². The molecule has 1 rings (SSSR count). The minimum atomic E-state index is -0.737. The van der Waals surface area contributed by atoms with Crippen LogP contribution in [0.2, 0.25) is 0 Å². The SMILES string of the molecule is CCNC(=O)C(=O)OC1CCCCC1. The van der Waals surface area contributed by atoms with Crippen molar-refractivity contribution >= 4 is 11.9 Å². The molecule has 0 radical (unpaired) electrons. The van der Waals surface area contributed by atoms with Crippen LogP contribution in [0, 0.1) is 0 Å². The summed E-state index contributed by atoms with van der Waals surface area (Å²) in [6.45, 7) is 2.23. The van der Waals surface area contributed by atoms with Gasteiger partial charge in [-0.05, 0) is 32.6 Å². The molecular formula is C10H17NO3. The van der Waals surface area contributed by atoms with E-state index in [1.807, 2.05) is 0 Å². The molecule has 4 heteroatoms. The Bertz CT molecular complexity index is 209. The largest absolute Gasteiger partial charge is 0.455 e. The van der Waals surface area contributed by atoms with Gasteiger partial charge < -0.3 is 10.1 Å². The van der Waals surface area contributed by atoms with Crippen molar-refractivity contribution < 1.29 is 14.3 Å². The summed E-state index contributed by atoms with van der Waals surface area (Å²) in [4.78, 5) is 22.2. The molecule has 0 aromatic carbocycles. The Morgan fingerprint density at radius 3 is 2.50 bits per heavy atom. The van der Waals surface area contributed by atoms with Crippen molar-refractivity contribution in [2.45, 2.75) is 45.1 Å². The van der Waals surface area contributed by atoms with E-state index in [0.29, 0.717) is 6.54 Å². The third kappa shape index (κ3) is 3.36. The van der Waals surface area contributed by atoms with Crippen LogP contribution in [0.5, 0.6) is 0 Å². The Morgan fingerprint density at radius 1 is 1.29 bits per heavy atom. The van der Waals surface area contributed by atoms with Gasteiger partial charge in [0.05, 0.1) is 0 Å². The zero-order valence-electron chi connectivity index (χ0n) is 8.54. The lowest BCUT2D eigenvalue weighted by Gasteiger charge is -2.21. The van der Waals surface area contributed by atoms with E-state index in [2.05, 4.69) is 5.32 Å². The zero-order valence-corrected chi connectivity index (χ0v) is 8.54. The predicted octanol–water partition coefficient (Wildman–Crippen LogP) is 0.998. The number of hydrogen-bond donors (Lipinski definition) is 1. The topological polar surface area (TPSA) is 55.4 Å². The number of esters is 1. The van der Waals surface area contributed by atoms with Gasteiger partial charge in [-0.3, -0.25) is 4.79 Å². The van der Waals surface area contributed by atoms with Crippen LogP contribution in [0.3, 0.4) is 0 Å². The van der Waals surface area contributed by atoms with Gasteiger partial charge in [0.25, 0.3) is 0 Å². The first-order valence-corrected chi connectivity index (χ1v) is 5.23. The highest BCUT2D eigenvalue weighted by Crippen LogP contribution is 2.20. The minimum absolute atomic E-state index is 0.0427.